The van der Waals surface area contributed by atoms with Gasteiger partial charge in [0.25, 0.3) is 0 Å². The van der Waals surface area contributed by atoms with Gasteiger partial charge in [-0.15, -0.1) is 0 Å². The summed E-state index contributed by atoms with van der Waals surface area (Å²) in [4.78, 5) is 36.3. The van der Waals surface area contributed by atoms with Crippen molar-refractivity contribution in [3.63, 3.8) is 0 Å². The van der Waals surface area contributed by atoms with Crippen molar-refractivity contribution < 1.29 is 9.52 Å². The first kappa shape index (κ1) is 33.6. The Hall–Kier alpha value is -4.88. The third-order valence-corrected chi connectivity index (χ3v) is 15.2. The number of nitroso groups, excluding NO2 is 2. The Bertz CT molecular complexity index is 2170. The minimum atomic E-state index is -2.42. The summed E-state index contributed by atoms with van der Waals surface area (Å²) in [5.41, 5.74) is 7.06. The summed E-state index contributed by atoms with van der Waals surface area (Å²) < 4.78 is 2.14. The van der Waals surface area contributed by atoms with E-state index in [9.17, 15) is 9.81 Å². The lowest BCUT2D eigenvalue weighted by molar-refractivity contribution is -0.514. The van der Waals surface area contributed by atoms with Crippen LogP contribution in [0.25, 0.3) is 21.5 Å². The Morgan fingerprint density at radius 1 is 0.540 bits per heavy atom. The van der Waals surface area contributed by atoms with Gasteiger partial charge in [-0.05, 0) is 126 Å². The van der Waals surface area contributed by atoms with Crippen LogP contribution in [0.5, 0.6) is 0 Å². The smallest absolute Gasteiger partial charge is 0.0720 e. The van der Waals surface area contributed by atoms with Crippen molar-refractivity contribution in [1.82, 2.24) is 0 Å². The van der Waals surface area contributed by atoms with E-state index >= 15 is 0 Å². The number of amidine groups is 2. The molecule has 0 radical (unpaired) electrons. The van der Waals surface area contributed by atoms with Gasteiger partial charge in [-0.2, -0.15) is 0 Å². The molecule has 252 valence electrons. The van der Waals surface area contributed by atoms with E-state index in [1.54, 1.807) is 0 Å². The van der Waals surface area contributed by atoms with Crippen molar-refractivity contribution in [2.75, 3.05) is 0 Å². The van der Waals surface area contributed by atoms with E-state index in [2.05, 4.69) is 122 Å². The molecule has 1 unspecified atom stereocenters. The zero-order chi connectivity index (χ0) is 35.8. The molecule has 50 heavy (non-hydrogen) atoms. The average molecular weight is 679 g/mol. The van der Waals surface area contributed by atoms with E-state index in [-0.39, 0.29) is 6.04 Å². The molecule has 0 N–H and O–H groups in total. The van der Waals surface area contributed by atoms with Gasteiger partial charge in [0.15, 0.2) is 22.7 Å². The van der Waals surface area contributed by atoms with Crippen LogP contribution in [-0.4, -0.2) is 51.9 Å². The molecule has 4 aromatic rings. The fraction of sp³-hybridized carbons (Fsp3) is 0.302. The molecule has 0 amide bonds. The highest BCUT2D eigenvalue weighted by Crippen LogP contribution is 2.55. The summed E-state index contributed by atoms with van der Waals surface area (Å²) in [6.45, 7) is 18.7. The van der Waals surface area contributed by atoms with E-state index in [1.807, 2.05) is 48.5 Å². The van der Waals surface area contributed by atoms with Gasteiger partial charge in [0.05, 0.1) is 11.1 Å². The number of rotatable bonds is 6. The lowest BCUT2D eigenvalue weighted by Gasteiger charge is -2.26. The summed E-state index contributed by atoms with van der Waals surface area (Å²) in [6.07, 6.45) is 0. The SMILES string of the molecule is CC1N=C(c2ccc(C3=C(c4ccccc4)C(c4ccccc4)=C(c4ccc(C5=NC(C)(C)C(C)(C)[N+]5=O)cc4)[Si]3(C)C)cc2)[N+](=O)C1(C)C. The molecule has 4 aromatic carbocycles. The summed E-state index contributed by atoms with van der Waals surface area (Å²) in [7, 11) is -2.42. The summed E-state index contributed by atoms with van der Waals surface area (Å²) in [5, 5.41) is 2.70. The molecule has 0 saturated carbocycles. The second-order valence-electron chi connectivity index (χ2n) is 15.9. The molecule has 3 aliphatic rings. The van der Waals surface area contributed by atoms with Gasteiger partial charge in [-0.25, -0.2) is 0 Å². The van der Waals surface area contributed by atoms with E-state index < -0.39 is 24.7 Å². The maximum Gasteiger partial charge on any atom is 0.364 e. The van der Waals surface area contributed by atoms with E-state index in [0.29, 0.717) is 11.7 Å². The summed E-state index contributed by atoms with van der Waals surface area (Å²) in [6, 6.07) is 38.2. The normalized spacial score (nSPS) is 21.9. The minimum Gasteiger partial charge on any atom is -0.0720 e. The van der Waals surface area contributed by atoms with Gasteiger partial charge in [0.2, 0.25) is 0 Å². The van der Waals surface area contributed by atoms with Gasteiger partial charge in [0, 0.05) is 0 Å². The van der Waals surface area contributed by atoms with Crippen molar-refractivity contribution in [1.29, 1.82) is 0 Å². The van der Waals surface area contributed by atoms with E-state index in [1.165, 1.54) is 32.7 Å². The van der Waals surface area contributed by atoms with Crippen LogP contribution in [0.2, 0.25) is 13.1 Å². The topological polar surface area (TPSA) is 64.9 Å². The predicted octanol–water partition coefficient (Wildman–Crippen LogP) is 9.81. The second kappa shape index (κ2) is 11.6. The lowest BCUT2D eigenvalue weighted by atomic mass is 9.84. The molecule has 0 aliphatic carbocycles. The van der Waals surface area contributed by atoms with E-state index in [4.69, 9.17) is 9.98 Å². The molecule has 7 rings (SSSR count). The van der Waals surface area contributed by atoms with Gasteiger partial charge >= 0.3 is 11.7 Å². The third kappa shape index (κ3) is 5.05. The highest BCUT2D eigenvalue weighted by atomic mass is 28.3. The van der Waals surface area contributed by atoms with Crippen LogP contribution in [0, 0.1) is 9.81 Å². The van der Waals surface area contributed by atoms with Gasteiger partial charge in [0.1, 0.15) is 8.07 Å². The summed E-state index contributed by atoms with van der Waals surface area (Å²) >= 11 is 0. The molecule has 3 heterocycles. The predicted molar refractivity (Wildman–Crippen MR) is 209 cm³/mol. The van der Waals surface area contributed by atoms with Gasteiger partial charge in [-0.1, -0.05) is 118 Å². The van der Waals surface area contributed by atoms with Crippen LogP contribution in [0.1, 0.15) is 81.8 Å². The molecule has 7 heteroatoms. The summed E-state index contributed by atoms with van der Waals surface area (Å²) in [5.74, 6) is 0.977. The fourth-order valence-electron chi connectivity index (χ4n) is 7.54. The molecule has 3 aliphatic heterocycles. The number of allylic oxidation sites excluding steroid dienone is 2. The first-order valence-electron chi connectivity index (χ1n) is 17.5. The van der Waals surface area contributed by atoms with Crippen LogP contribution in [0.15, 0.2) is 119 Å². The average Bonchev–Trinajstić information content (AvgIpc) is 3.54. The minimum absolute atomic E-state index is 0.0924. The second-order valence-corrected chi connectivity index (χ2v) is 20.2. The number of nitrogens with zero attached hydrogens (tertiary/aromatic N) is 4. The van der Waals surface area contributed by atoms with Crippen molar-refractivity contribution in [3.05, 3.63) is 152 Å². The molecular formula is C43H46N4O2Si+2. The molecule has 1 atom stereocenters. The van der Waals surface area contributed by atoms with E-state index in [0.717, 1.165) is 31.8 Å². The zero-order valence-corrected chi connectivity index (χ0v) is 31.6. The number of benzene rings is 4. The van der Waals surface area contributed by atoms with Gasteiger partial charge < -0.3 is 0 Å². The Morgan fingerprint density at radius 3 is 1.30 bits per heavy atom. The Kier molecular flexibility index (Phi) is 7.79. The lowest BCUT2D eigenvalue weighted by Crippen LogP contribution is -2.47. The third-order valence-electron chi connectivity index (χ3n) is 11.6. The highest BCUT2D eigenvalue weighted by Gasteiger charge is 2.59. The van der Waals surface area contributed by atoms with Crippen LogP contribution < -0.4 is 0 Å². The molecule has 0 fully saturated rings. The first-order chi connectivity index (χ1) is 23.6. The first-order valence-corrected chi connectivity index (χ1v) is 20.5. The fourth-order valence-corrected chi connectivity index (χ4v) is 11.4. The molecule has 0 saturated heterocycles. The molecule has 0 spiro atoms. The molecule has 0 bridgehead atoms. The van der Waals surface area contributed by atoms with Crippen LogP contribution in [0.4, 0.5) is 0 Å². The number of hydrogen-bond acceptors (Lipinski definition) is 4. The van der Waals surface area contributed by atoms with Crippen LogP contribution in [-0.2, 0) is 0 Å². The molecule has 6 nitrogen and oxygen atoms in total. The van der Waals surface area contributed by atoms with Gasteiger partial charge in [-0.3, -0.25) is 0 Å². The number of aliphatic imine (C=N–C) groups is 2. The Labute approximate surface area is 296 Å². The quantitative estimate of drug-likeness (QED) is 0.151. The standard InChI is InChI=1S/C43H46N4O2Si/c1-28-41(2,3)46(48)39(44-28)33-24-20-31(21-25-33)37-35(29-16-12-10-13-17-29)36(30-18-14-11-15-19-30)38(50(37,8)9)32-22-26-34(27-23-32)40-45-42(4,5)43(6,7)47(40)49/h10-28H,1-9H3/q+2. The number of hydrogen-bond donors (Lipinski definition) is 0. The van der Waals surface area contributed by atoms with Crippen molar-refractivity contribution >= 4 is 41.3 Å². The Balaban J connectivity index is 1.40. The molecular weight excluding hydrogens is 633 g/mol. The largest absolute Gasteiger partial charge is 0.364 e. The van der Waals surface area contributed by atoms with Crippen LogP contribution >= 0.6 is 0 Å². The maximum atomic E-state index is 13.4. The maximum absolute atomic E-state index is 13.4. The zero-order valence-electron chi connectivity index (χ0n) is 30.6. The Morgan fingerprint density at radius 2 is 0.940 bits per heavy atom. The highest BCUT2D eigenvalue weighted by molar-refractivity contribution is 7.13. The molecule has 0 aromatic heterocycles. The van der Waals surface area contributed by atoms with Crippen LogP contribution in [0.3, 0.4) is 0 Å². The van der Waals surface area contributed by atoms with Crippen molar-refractivity contribution in [3.8, 4) is 0 Å². The monoisotopic (exact) mass is 678 g/mol. The van der Waals surface area contributed by atoms with Crippen molar-refractivity contribution in [2.45, 2.75) is 84.2 Å². The van der Waals surface area contributed by atoms with Crippen molar-refractivity contribution in [2.24, 2.45) is 9.98 Å².